The van der Waals surface area contributed by atoms with E-state index in [1.807, 2.05) is 18.2 Å². The van der Waals surface area contributed by atoms with Crippen molar-refractivity contribution in [3.63, 3.8) is 0 Å². The summed E-state index contributed by atoms with van der Waals surface area (Å²) in [5.41, 5.74) is 8.82. The molecule has 1 amide bonds. The van der Waals surface area contributed by atoms with Crippen molar-refractivity contribution in [1.82, 2.24) is 9.78 Å². The number of nitrogen functional groups attached to an aromatic ring is 1. The van der Waals surface area contributed by atoms with Gasteiger partial charge in [-0.3, -0.25) is 9.48 Å². The van der Waals surface area contributed by atoms with Gasteiger partial charge in [0.25, 0.3) is 5.91 Å². The lowest BCUT2D eigenvalue weighted by atomic mass is 9.84. The first-order valence-electron chi connectivity index (χ1n) is 11.1. The second kappa shape index (κ2) is 8.47. The molecule has 3 aromatic rings. The maximum atomic E-state index is 13.5. The number of nitrogens with zero attached hydrogens (tertiary/aromatic N) is 2. The Kier molecular flexibility index (Phi) is 5.62. The smallest absolute Gasteiger partial charge is 0.261 e. The third-order valence-corrected chi connectivity index (χ3v) is 7.55. The van der Waals surface area contributed by atoms with Crippen molar-refractivity contribution in [3.05, 3.63) is 76.2 Å². The highest BCUT2D eigenvalue weighted by atomic mass is 35.5. The number of aliphatic hydroxyl groups excluding tert-OH is 1. The Morgan fingerprint density at radius 1 is 1.21 bits per heavy atom. The van der Waals surface area contributed by atoms with E-state index < -0.39 is 11.7 Å². The number of aromatic nitrogens is 2. The first kappa shape index (κ1) is 21.9. The Hall–Kier alpha value is -2.90. The number of anilines is 2. The molecule has 5 rings (SSSR count). The third-order valence-electron chi connectivity index (χ3n) is 7.26. The van der Waals surface area contributed by atoms with Gasteiger partial charge in [-0.1, -0.05) is 41.9 Å². The minimum Gasteiger partial charge on any atom is -0.392 e. The normalized spacial score (nSPS) is 26.4. The minimum atomic E-state index is -0.552. The summed E-state index contributed by atoms with van der Waals surface area (Å²) in [6, 6.07) is 14.2. The number of nitrogens with two attached hydrogens (primary N) is 1. The summed E-state index contributed by atoms with van der Waals surface area (Å²) in [7, 11) is 1.72. The van der Waals surface area contributed by atoms with Crippen LogP contribution in [0.25, 0.3) is 0 Å². The van der Waals surface area contributed by atoms with Gasteiger partial charge >= 0.3 is 0 Å². The lowest BCUT2D eigenvalue weighted by Crippen LogP contribution is -2.19. The zero-order chi connectivity index (χ0) is 23.3. The SMILES string of the molecule is Cn1nc(C2CC3CC(O)C(c4ccccc4)C3C2)c(C(=O)Nc2ccc(F)c(Cl)c2)c1N. The Bertz CT molecular complexity index is 1200. The van der Waals surface area contributed by atoms with Crippen LogP contribution in [-0.4, -0.2) is 26.9 Å². The highest BCUT2D eigenvalue weighted by Crippen LogP contribution is 2.56. The molecule has 2 saturated carbocycles. The maximum Gasteiger partial charge on any atom is 0.261 e. The molecule has 2 aliphatic rings. The Morgan fingerprint density at radius 2 is 1.97 bits per heavy atom. The van der Waals surface area contributed by atoms with Crippen molar-refractivity contribution < 1.29 is 14.3 Å². The van der Waals surface area contributed by atoms with Gasteiger partial charge in [0.05, 0.1) is 16.8 Å². The van der Waals surface area contributed by atoms with E-state index in [-0.39, 0.29) is 28.8 Å². The molecule has 0 aliphatic heterocycles. The van der Waals surface area contributed by atoms with Crippen molar-refractivity contribution >= 4 is 29.0 Å². The van der Waals surface area contributed by atoms with E-state index in [0.29, 0.717) is 28.8 Å². The first-order chi connectivity index (χ1) is 15.8. The molecule has 1 heterocycles. The van der Waals surface area contributed by atoms with Crippen LogP contribution < -0.4 is 11.1 Å². The predicted octanol–water partition coefficient (Wildman–Crippen LogP) is 4.71. The van der Waals surface area contributed by atoms with Crippen LogP contribution in [-0.2, 0) is 7.05 Å². The zero-order valence-electron chi connectivity index (χ0n) is 18.2. The van der Waals surface area contributed by atoms with Crippen LogP contribution in [0.15, 0.2) is 48.5 Å². The van der Waals surface area contributed by atoms with Gasteiger partial charge < -0.3 is 16.2 Å². The van der Waals surface area contributed by atoms with E-state index in [0.717, 1.165) is 24.8 Å². The third kappa shape index (κ3) is 3.89. The molecule has 0 spiro atoms. The summed E-state index contributed by atoms with van der Waals surface area (Å²) in [6.07, 6.45) is 2.08. The predicted molar refractivity (Wildman–Crippen MR) is 126 cm³/mol. The van der Waals surface area contributed by atoms with Crippen LogP contribution in [0.3, 0.4) is 0 Å². The summed E-state index contributed by atoms with van der Waals surface area (Å²) in [5, 5.41) is 18.1. The van der Waals surface area contributed by atoms with Gasteiger partial charge in [-0.15, -0.1) is 0 Å². The molecule has 2 aromatic carbocycles. The lowest BCUT2D eigenvalue weighted by molar-refractivity contribution is 0.102. The number of aliphatic hydroxyl groups is 1. The fourth-order valence-corrected chi connectivity index (χ4v) is 6.00. The maximum absolute atomic E-state index is 13.5. The first-order valence-corrected chi connectivity index (χ1v) is 11.5. The largest absolute Gasteiger partial charge is 0.392 e. The second-order valence-electron chi connectivity index (χ2n) is 9.18. The van der Waals surface area contributed by atoms with Gasteiger partial charge in [0.1, 0.15) is 17.2 Å². The number of carbonyl (C=O) groups is 1. The quantitative estimate of drug-likeness (QED) is 0.517. The van der Waals surface area contributed by atoms with Crippen LogP contribution >= 0.6 is 11.6 Å². The molecule has 6 nitrogen and oxygen atoms in total. The molecule has 2 fully saturated rings. The summed E-state index contributed by atoms with van der Waals surface area (Å²) < 4.78 is 15.0. The number of benzene rings is 2. The minimum absolute atomic E-state index is 0.0682. The fourth-order valence-electron chi connectivity index (χ4n) is 5.82. The molecular formula is C25H26ClFN4O2. The average molecular weight is 469 g/mol. The molecule has 5 unspecified atom stereocenters. The molecule has 172 valence electrons. The Labute approximate surface area is 196 Å². The molecule has 0 radical (unpaired) electrons. The highest BCUT2D eigenvalue weighted by molar-refractivity contribution is 6.31. The number of halogens is 2. The van der Waals surface area contributed by atoms with Crippen molar-refractivity contribution in [2.45, 2.75) is 37.2 Å². The number of fused-ring (bicyclic) bond motifs is 1. The fraction of sp³-hybridized carbons (Fsp3) is 0.360. The van der Waals surface area contributed by atoms with E-state index in [4.69, 9.17) is 17.3 Å². The molecule has 0 bridgehead atoms. The van der Waals surface area contributed by atoms with Gasteiger partial charge in [-0.2, -0.15) is 5.10 Å². The molecule has 33 heavy (non-hydrogen) atoms. The van der Waals surface area contributed by atoms with Gasteiger partial charge in [-0.05, 0) is 54.9 Å². The summed E-state index contributed by atoms with van der Waals surface area (Å²) in [6.45, 7) is 0. The van der Waals surface area contributed by atoms with Crippen molar-refractivity contribution in [2.75, 3.05) is 11.1 Å². The van der Waals surface area contributed by atoms with Gasteiger partial charge in [-0.25, -0.2) is 4.39 Å². The van der Waals surface area contributed by atoms with Crippen LogP contribution in [0.4, 0.5) is 15.9 Å². The van der Waals surface area contributed by atoms with Gasteiger partial charge in [0.15, 0.2) is 0 Å². The van der Waals surface area contributed by atoms with Crippen molar-refractivity contribution in [1.29, 1.82) is 0 Å². The van der Waals surface area contributed by atoms with E-state index in [2.05, 4.69) is 22.5 Å². The molecule has 1 aromatic heterocycles. The molecule has 5 atom stereocenters. The van der Waals surface area contributed by atoms with Crippen molar-refractivity contribution in [3.8, 4) is 0 Å². The lowest BCUT2D eigenvalue weighted by Gasteiger charge is -2.22. The van der Waals surface area contributed by atoms with Crippen LogP contribution in [0.5, 0.6) is 0 Å². The standard InChI is InChI=1S/C25H26ClFN4O2/c1-31-24(28)22(25(33)29-16-7-8-19(27)18(26)12-16)23(30-31)15-9-14-11-20(32)21(17(14)10-15)13-5-3-2-4-6-13/h2-8,12,14-15,17,20-21,32H,9-11,28H2,1H3,(H,29,33). The van der Waals surface area contributed by atoms with E-state index in [9.17, 15) is 14.3 Å². The number of aryl methyl sites for hydroxylation is 1. The van der Waals surface area contributed by atoms with Crippen LogP contribution in [0.1, 0.15) is 52.7 Å². The summed E-state index contributed by atoms with van der Waals surface area (Å²) >= 11 is 5.86. The highest BCUT2D eigenvalue weighted by Gasteiger charge is 2.49. The van der Waals surface area contributed by atoms with E-state index >= 15 is 0 Å². The number of nitrogens with one attached hydrogen (secondary N) is 1. The zero-order valence-corrected chi connectivity index (χ0v) is 19.0. The van der Waals surface area contributed by atoms with E-state index in [1.54, 1.807) is 7.05 Å². The van der Waals surface area contributed by atoms with Gasteiger partial charge in [0.2, 0.25) is 0 Å². The Balaban J connectivity index is 1.41. The number of rotatable bonds is 4. The Morgan fingerprint density at radius 3 is 2.70 bits per heavy atom. The number of hydrogen-bond donors (Lipinski definition) is 3. The molecule has 4 N–H and O–H groups in total. The monoisotopic (exact) mass is 468 g/mol. The number of carbonyl (C=O) groups excluding carboxylic acids is 1. The van der Waals surface area contributed by atoms with Gasteiger partial charge in [0, 0.05) is 24.6 Å². The number of amides is 1. The molecule has 2 aliphatic carbocycles. The number of hydrogen-bond acceptors (Lipinski definition) is 4. The molecule has 0 saturated heterocycles. The van der Waals surface area contributed by atoms with Crippen molar-refractivity contribution in [2.24, 2.45) is 18.9 Å². The second-order valence-corrected chi connectivity index (χ2v) is 9.59. The summed E-state index contributed by atoms with van der Waals surface area (Å²) in [5.74, 6) is 0.180. The molecular weight excluding hydrogens is 443 g/mol. The molecule has 8 heteroatoms. The summed E-state index contributed by atoms with van der Waals surface area (Å²) in [4.78, 5) is 13.2. The van der Waals surface area contributed by atoms with Crippen LogP contribution in [0, 0.1) is 17.7 Å². The van der Waals surface area contributed by atoms with Crippen LogP contribution in [0.2, 0.25) is 5.02 Å². The topological polar surface area (TPSA) is 93.2 Å². The van der Waals surface area contributed by atoms with E-state index in [1.165, 1.54) is 22.9 Å². The average Bonchev–Trinajstić information content (AvgIpc) is 3.41.